The molecule has 1 atom stereocenters. The Labute approximate surface area is 147 Å². The number of hydrogen-bond acceptors (Lipinski definition) is 5. The number of hydrogen-bond donors (Lipinski definition) is 1. The maximum Gasteiger partial charge on any atom is 0.345 e. The Kier molecular flexibility index (Phi) is 5.81. The zero-order chi connectivity index (χ0) is 18.6. The van der Waals surface area contributed by atoms with Crippen LogP contribution in [-0.2, 0) is 19.7 Å². The molecule has 1 aromatic rings. The first-order valence-electron chi connectivity index (χ1n) is 7.54. The van der Waals surface area contributed by atoms with Gasteiger partial charge in [0.2, 0.25) is 0 Å². The summed E-state index contributed by atoms with van der Waals surface area (Å²) in [5, 5.41) is 2.69. The molecule has 8 nitrogen and oxygen atoms in total. The summed E-state index contributed by atoms with van der Waals surface area (Å²) < 4.78 is 39.5. The highest BCUT2D eigenvalue weighted by atomic mass is 32.2. The summed E-state index contributed by atoms with van der Waals surface area (Å²) in [6.45, 7) is 2.07. The van der Waals surface area contributed by atoms with Gasteiger partial charge in [-0.1, -0.05) is 12.1 Å². The molecule has 0 radical (unpaired) electrons. The summed E-state index contributed by atoms with van der Waals surface area (Å²) in [4.78, 5) is 12.5. The van der Waals surface area contributed by atoms with E-state index in [1.54, 1.807) is 31.2 Å². The predicted molar refractivity (Wildman–Crippen MR) is 93.8 cm³/mol. The summed E-state index contributed by atoms with van der Waals surface area (Å²) >= 11 is 0. The van der Waals surface area contributed by atoms with Gasteiger partial charge in [0, 0.05) is 25.8 Å². The molecule has 1 aliphatic heterocycles. The number of nitrogens with zero attached hydrogens (tertiary/aromatic N) is 2. The molecule has 9 heteroatoms. The van der Waals surface area contributed by atoms with Gasteiger partial charge in [-0.2, -0.15) is 8.42 Å². The number of likely N-dealkylation sites (N-methyl/N-ethyl adjacent to an activating group) is 1. The second-order valence-electron chi connectivity index (χ2n) is 5.48. The van der Waals surface area contributed by atoms with Crippen molar-refractivity contribution in [3.8, 4) is 5.75 Å². The van der Waals surface area contributed by atoms with E-state index in [1.807, 2.05) is 0 Å². The Morgan fingerprint density at radius 3 is 2.64 bits per heavy atom. The van der Waals surface area contributed by atoms with Crippen molar-refractivity contribution in [3.63, 3.8) is 0 Å². The normalized spacial score (nSPS) is 17.4. The lowest BCUT2D eigenvalue weighted by Gasteiger charge is -2.25. The largest absolute Gasteiger partial charge is 0.496 e. The molecule has 0 saturated heterocycles. The van der Waals surface area contributed by atoms with E-state index < -0.39 is 16.1 Å². The van der Waals surface area contributed by atoms with E-state index in [9.17, 15) is 13.2 Å². The minimum atomic E-state index is -4.02. The van der Waals surface area contributed by atoms with Crippen LogP contribution in [0.5, 0.6) is 5.75 Å². The third kappa shape index (κ3) is 4.18. The average molecular weight is 367 g/mol. The summed E-state index contributed by atoms with van der Waals surface area (Å²) in [5.74, 6) is -0.0670. The number of carbonyl (C=O) groups excluding carboxylic acids is 1. The highest BCUT2D eigenvalue weighted by molar-refractivity contribution is 7.88. The minimum Gasteiger partial charge on any atom is -0.496 e. The second-order valence-corrected chi connectivity index (χ2v) is 7.11. The zero-order valence-corrected chi connectivity index (χ0v) is 15.3. The maximum absolute atomic E-state index is 12.5. The van der Waals surface area contributed by atoms with Crippen molar-refractivity contribution >= 4 is 21.8 Å². The standard InChI is InChI=1S/C16H21N3O5S/c1-11(10-23-3)17-16(20)14-9-13(18-25(21,22)19(14)2)12-7-5-6-8-15(12)24-4/h5-9,11H,10H2,1-4H3,(H,17,20)/t11-/m1/s1. The predicted octanol–water partition coefficient (Wildman–Crippen LogP) is 0.710. The van der Waals surface area contributed by atoms with Crippen molar-refractivity contribution in [3.05, 3.63) is 41.6 Å². The smallest absolute Gasteiger partial charge is 0.345 e. The van der Waals surface area contributed by atoms with Gasteiger partial charge in [0.15, 0.2) is 0 Å². The van der Waals surface area contributed by atoms with Crippen LogP contribution in [0.4, 0.5) is 0 Å². The van der Waals surface area contributed by atoms with Gasteiger partial charge in [0.05, 0.1) is 19.4 Å². The summed E-state index contributed by atoms with van der Waals surface area (Å²) in [5.41, 5.74) is 0.593. The number of benzene rings is 1. The van der Waals surface area contributed by atoms with Gasteiger partial charge in [-0.05, 0) is 25.1 Å². The maximum atomic E-state index is 12.5. The average Bonchev–Trinajstić information content (AvgIpc) is 2.57. The van der Waals surface area contributed by atoms with Gasteiger partial charge >= 0.3 is 10.2 Å². The Morgan fingerprint density at radius 2 is 2.00 bits per heavy atom. The molecule has 0 aliphatic carbocycles. The van der Waals surface area contributed by atoms with Gasteiger partial charge in [-0.3, -0.25) is 4.79 Å². The first-order valence-corrected chi connectivity index (χ1v) is 8.93. The summed E-state index contributed by atoms with van der Waals surface area (Å²) in [6, 6.07) is 6.59. The lowest BCUT2D eigenvalue weighted by atomic mass is 10.1. The molecule has 1 aromatic carbocycles. The van der Waals surface area contributed by atoms with E-state index in [-0.39, 0.29) is 17.5 Å². The number of methoxy groups -OCH3 is 2. The molecule has 0 aromatic heterocycles. The quantitative estimate of drug-likeness (QED) is 0.799. The van der Waals surface area contributed by atoms with Gasteiger partial charge in [0.25, 0.3) is 5.91 Å². The molecule has 1 heterocycles. The first kappa shape index (κ1) is 18.9. The molecule has 2 rings (SSSR count). The molecule has 25 heavy (non-hydrogen) atoms. The Bertz CT molecular complexity index is 817. The van der Waals surface area contributed by atoms with Gasteiger partial charge in [0.1, 0.15) is 11.4 Å². The Balaban J connectivity index is 2.44. The topological polar surface area (TPSA) is 97.3 Å². The SMILES string of the molecule is COC[C@@H](C)NC(=O)C1=CC(c2ccccc2OC)=NS(=O)(=O)N1C. The van der Waals surface area contributed by atoms with E-state index in [0.29, 0.717) is 17.9 Å². The van der Waals surface area contributed by atoms with Crippen molar-refractivity contribution in [2.75, 3.05) is 27.9 Å². The van der Waals surface area contributed by atoms with Crippen LogP contribution >= 0.6 is 0 Å². The molecule has 0 saturated carbocycles. The number of carbonyl (C=O) groups is 1. The fraction of sp³-hybridized carbons (Fsp3) is 0.375. The third-order valence-electron chi connectivity index (χ3n) is 3.58. The van der Waals surface area contributed by atoms with Gasteiger partial charge in [-0.25, -0.2) is 4.31 Å². The second kappa shape index (κ2) is 7.66. The van der Waals surface area contributed by atoms with Gasteiger partial charge < -0.3 is 14.8 Å². The van der Waals surface area contributed by atoms with E-state index in [0.717, 1.165) is 4.31 Å². The van der Waals surface area contributed by atoms with Crippen LogP contribution < -0.4 is 10.1 Å². The fourth-order valence-electron chi connectivity index (χ4n) is 2.34. The number of rotatable bonds is 6. The lowest BCUT2D eigenvalue weighted by molar-refractivity contribution is -0.119. The van der Waals surface area contributed by atoms with Crippen LogP contribution in [0.3, 0.4) is 0 Å². The molecule has 0 fully saturated rings. The molecule has 0 unspecified atom stereocenters. The van der Waals surface area contributed by atoms with Crippen molar-refractivity contribution in [1.29, 1.82) is 0 Å². The van der Waals surface area contributed by atoms with E-state index in [1.165, 1.54) is 27.3 Å². The molecule has 0 bridgehead atoms. The zero-order valence-electron chi connectivity index (χ0n) is 14.5. The van der Waals surface area contributed by atoms with Crippen molar-refractivity contribution < 1.29 is 22.7 Å². The molecular formula is C16H21N3O5S. The van der Waals surface area contributed by atoms with Crippen LogP contribution in [0.2, 0.25) is 0 Å². The molecule has 1 amide bonds. The van der Waals surface area contributed by atoms with E-state index >= 15 is 0 Å². The van der Waals surface area contributed by atoms with Crippen LogP contribution in [0.15, 0.2) is 40.4 Å². The van der Waals surface area contributed by atoms with E-state index in [2.05, 4.69) is 9.71 Å². The first-order chi connectivity index (χ1) is 11.8. The van der Waals surface area contributed by atoms with E-state index in [4.69, 9.17) is 9.47 Å². The van der Waals surface area contributed by atoms with Crippen LogP contribution in [0.1, 0.15) is 12.5 Å². The number of allylic oxidation sites excluding steroid dienone is 1. The number of ether oxygens (including phenoxy) is 2. The van der Waals surface area contributed by atoms with Crippen molar-refractivity contribution in [2.45, 2.75) is 13.0 Å². The summed E-state index contributed by atoms with van der Waals surface area (Å²) in [6.07, 6.45) is 1.42. The highest BCUT2D eigenvalue weighted by Gasteiger charge is 2.31. The third-order valence-corrected chi connectivity index (χ3v) is 4.90. The number of para-hydroxylation sites is 1. The monoisotopic (exact) mass is 367 g/mol. The fourth-order valence-corrected chi connectivity index (χ4v) is 3.24. The molecule has 0 spiro atoms. The summed E-state index contributed by atoms with van der Waals surface area (Å²) in [7, 11) is 0.260. The van der Waals surface area contributed by atoms with Crippen LogP contribution in [-0.4, -0.2) is 58.3 Å². The van der Waals surface area contributed by atoms with Crippen molar-refractivity contribution in [2.24, 2.45) is 4.40 Å². The molecule has 1 aliphatic rings. The highest BCUT2D eigenvalue weighted by Crippen LogP contribution is 2.25. The lowest BCUT2D eigenvalue weighted by Crippen LogP contribution is -2.42. The number of amides is 1. The van der Waals surface area contributed by atoms with Gasteiger partial charge in [-0.15, -0.1) is 4.40 Å². The Morgan fingerprint density at radius 1 is 1.32 bits per heavy atom. The minimum absolute atomic E-state index is 0.0288. The molecular weight excluding hydrogens is 346 g/mol. The Hall–Kier alpha value is -2.39. The molecule has 1 N–H and O–H groups in total. The molecule has 136 valence electrons. The van der Waals surface area contributed by atoms with Crippen molar-refractivity contribution in [1.82, 2.24) is 9.62 Å². The van der Waals surface area contributed by atoms with Crippen LogP contribution in [0.25, 0.3) is 0 Å². The van der Waals surface area contributed by atoms with Crippen LogP contribution in [0, 0.1) is 0 Å². The number of nitrogens with one attached hydrogen (secondary N) is 1.